The highest BCUT2D eigenvalue weighted by atomic mass is 32.2. The fourth-order valence-electron chi connectivity index (χ4n) is 2.94. The molecule has 0 radical (unpaired) electrons. The van der Waals surface area contributed by atoms with Crippen LogP contribution in [0.3, 0.4) is 0 Å². The second-order valence-electron chi connectivity index (χ2n) is 5.61. The van der Waals surface area contributed by atoms with Gasteiger partial charge in [-0.2, -0.15) is 0 Å². The Hall–Kier alpha value is -1.25. The number of hydrogen-bond donors (Lipinski definition) is 1. The summed E-state index contributed by atoms with van der Waals surface area (Å²) in [6, 6.07) is 14.8. The first-order valence-electron chi connectivity index (χ1n) is 7.13. The maximum atomic E-state index is 10.6. The summed E-state index contributed by atoms with van der Waals surface area (Å²) in [5.41, 5.74) is 5.24. The van der Waals surface area contributed by atoms with Gasteiger partial charge in [-0.05, 0) is 55.0 Å². The summed E-state index contributed by atoms with van der Waals surface area (Å²) >= 11 is 1.83. The number of hydrogen-bond acceptors (Lipinski definition) is 2. The second-order valence-corrected chi connectivity index (χ2v) is 6.89. The smallest absolute Gasteiger partial charge is 0.0706 e. The van der Waals surface area contributed by atoms with Gasteiger partial charge in [0.05, 0.1) is 6.10 Å². The molecule has 2 aromatic carbocycles. The Balaban J connectivity index is 1.74. The van der Waals surface area contributed by atoms with E-state index in [1.807, 2.05) is 11.8 Å². The number of thioether (sulfide) groups is 1. The van der Waals surface area contributed by atoms with Crippen LogP contribution < -0.4 is 0 Å². The van der Waals surface area contributed by atoms with Gasteiger partial charge in [-0.3, -0.25) is 0 Å². The molecule has 104 valence electrons. The molecule has 0 saturated carbocycles. The van der Waals surface area contributed by atoms with Crippen LogP contribution in [0.15, 0.2) is 47.4 Å². The molecule has 1 heterocycles. The van der Waals surface area contributed by atoms with Crippen molar-refractivity contribution >= 4 is 11.8 Å². The van der Waals surface area contributed by atoms with Crippen molar-refractivity contribution in [2.24, 2.45) is 0 Å². The summed E-state index contributed by atoms with van der Waals surface area (Å²) < 4.78 is 0. The molecule has 0 spiro atoms. The van der Waals surface area contributed by atoms with Crippen molar-refractivity contribution in [2.45, 2.75) is 42.9 Å². The lowest BCUT2D eigenvalue weighted by Crippen LogP contribution is -2.25. The number of rotatable bonds is 3. The molecule has 1 N–H and O–H groups in total. The average molecular weight is 284 g/mol. The van der Waals surface area contributed by atoms with Crippen LogP contribution in [0.2, 0.25) is 0 Å². The van der Waals surface area contributed by atoms with Crippen molar-refractivity contribution in [1.29, 1.82) is 0 Å². The van der Waals surface area contributed by atoms with E-state index < -0.39 is 0 Å². The topological polar surface area (TPSA) is 20.2 Å². The van der Waals surface area contributed by atoms with Crippen LogP contribution in [-0.2, 0) is 12.8 Å². The average Bonchev–Trinajstić information content (AvgIpc) is 2.87. The minimum absolute atomic E-state index is 0.284. The summed E-state index contributed by atoms with van der Waals surface area (Å²) in [7, 11) is 0. The highest BCUT2D eigenvalue weighted by Gasteiger charge is 2.28. The molecule has 2 unspecified atom stereocenters. The number of benzene rings is 2. The van der Waals surface area contributed by atoms with Crippen molar-refractivity contribution in [3.63, 3.8) is 0 Å². The molecule has 0 aromatic heterocycles. The van der Waals surface area contributed by atoms with Crippen LogP contribution in [0.4, 0.5) is 0 Å². The zero-order valence-corrected chi connectivity index (χ0v) is 12.8. The quantitative estimate of drug-likeness (QED) is 0.921. The van der Waals surface area contributed by atoms with Crippen LogP contribution in [0.5, 0.6) is 0 Å². The van der Waals surface area contributed by atoms with Gasteiger partial charge in [-0.15, -0.1) is 11.8 Å². The van der Waals surface area contributed by atoms with Crippen molar-refractivity contribution in [2.75, 3.05) is 0 Å². The van der Waals surface area contributed by atoms with E-state index in [1.54, 1.807) is 0 Å². The number of aliphatic hydroxyl groups excluding tert-OH is 1. The molecule has 0 aliphatic carbocycles. The van der Waals surface area contributed by atoms with E-state index in [9.17, 15) is 5.11 Å². The maximum absolute atomic E-state index is 10.6. The minimum atomic E-state index is -0.285. The predicted molar refractivity (Wildman–Crippen MR) is 85.4 cm³/mol. The van der Waals surface area contributed by atoms with Gasteiger partial charge in [0.15, 0.2) is 0 Å². The van der Waals surface area contributed by atoms with Crippen LogP contribution in [-0.4, -0.2) is 16.5 Å². The minimum Gasteiger partial charge on any atom is -0.392 e. The highest BCUT2D eigenvalue weighted by Crippen LogP contribution is 2.39. The lowest BCUT2D eigenvalue weighted by molar-refractivity contribution is 0.172. The molecule has 0 bridgehead atoms. The van der Waals surface area contributed by atoms with Crippen LogP contribution in [0.1, 0.15) is 22.3 Å². The van der Waals surface area contributed by atoms with E-state index in [0.29, 0.717) is 0 Å². The summed E-state index contributed by atoms with van der Waals surface area (Å²) in [6.45, 7) is 4.26. The van der Waals surface area contributed by atoms with Gasteiger partial charge in [-0.1, -0.05) is 36.4 Å². The lowest BCUT2D eigenvalue weighted by Gasteiger charge is -2.19. The van der Waals surface area contributed by atoms with Gasteiger partial charge < -0.3 is 5.11 Å². The Labute approximate surface area is 125 Å². The molecule has 3 rings (SSSR count). The Morgan fingerprint density at radius 2 is 1.80 bits per heavy atom. The van der Waals surface area contributed by atoms with E-state index in [-0.39, 0.29) is 11.4 Å². The largest absolute Gasteiger partial charge is 0.392 e. The normalized spacial score (nSPS) is 18.9. The van der Waals surface area contributed by atoms with Gasteiger partial charge in [0.2, 0.25) is 0 Å². The van der Waals surface area contributed by atoms with E-state index in [1.165, 1.54) is 27.1 Å². The molecule has 0 amide bonds. The van der Waals surface area contributed by atoms with Gasteiger partial charge in [0, 0.05) is 10.1 Å². The van der Waals surface area contributed by atoms with Crippen LogP contribution >= 0.6 is 11.8 Å². The second kappa shape index (κ2) is 5.63. The van der Waals surface area contributed by atoms with Crippen molar-refractivity contribution in [3.05, 3.63) is 64.7 Å². The molecule has 1 nitrogen and oxygen atoms in total. The van der Waals surface area contributed by atoms with E-state index in [0.717, 1.165) is 12.8 Å². The number of fused-ring (bicyclic) bond motifs is 1. The van der Waals surface area contributed by atoms with Gasteiger partial charge >= 0.3 is 0 Å². The molecule has 0 fully saturated rings. The van der Waals surface area contributed by atoms with Crippen LogP contribution in [0.25, 0.3) is 0 Å². The third kappa shape index (κ3) is 2.63. The summed E-state index contributed by atoms with van der Waals surface area (Å²) in [5.74, 6) is 0. The molecule has 0 saturated heterocycles. The van der Waals surface area contributed by atoms with Crippen molar-refractivity contribution in [3.8, 4) is 0 Å². The van der Waals surface area contributed by atoms with Gasteiger partial charge in [0.25, 0.3) is 0 Å². The van der Waals surface area contributed by atoms with E-state index in [4.69, 9.17) is 0 Å². The predicted octanol–water partition coefficient (Wildman–Crippen LogP) is 3.92. The van der Waals surface area contributed by atoms with Crippen molar-refractivity contribution < 1.29 is 5.11 Å². The van der Waals surface area contributed by atoms with Gasteiger partial charge in [0.1, 0.15) is 0 Å². The Bertz CT molecular complexity index is 575. The fourth-order valence-corrected chi connectivity index (χ4v) is 4.24. The zero-order chi connectivity index (χ0) is 14.1. The molecular weight excluding hydrogens is 264 g/mol. The Morgan fingerprint density at radius 1 is 1.10 bits per heavy atom. The van der Waals surface area contributed by atoms with Crippen molar-refractivity contribution in [1.82, 2.24) is 0 Å². The molecule has 1 aliphatic rings. The standard InChI is InChI=1S/C18H20OS/c1-12-6-5-7-13(2)15(12)11-16(19)18-10-14-8-3-4-9-17(14)20-18/h3-9,16,18-19H,10-11H2,1-2H3. The lowest BCUT2D eigenvalue weighted by atomic mass is 9.95. The Kier molecular flexibility index (Phi) is 3.86. The number of aryl methyl sites for hydroxylation is 2. The molecule has 20 heavy (non-hydrogen) atoms. The zero-order valence-electron chi connectivity index (χ0n) is 12.0. The highest BCUT2D eigenvalue weighted by molar-refractivity contribution is 8.00. The summed E-state index contributed by atoms with van der Waals surface area (Å²) in [5, 5.41) is 10.9. The SMILES string of the molecule is Cc1cccc(C)c1CC(O)C1Cc2ccccc2S1. The molecule has 2 aromatic rings. The van der Waals surface area contributed by atoms with E-state index >= 15 is 0 Å². The van der Waals surface area contributed by atoms with E-state index in [2.05, 4.69) is 56.3 Å². The Morgan fingerprint density at radius 3 is 2.50 bits per heavy atom. The first-order chi connectivity index (χ1) is 9.65. The molecular formula is C18H20OS. The first-order valence-corrected chi connectivity index (χ1v) is 8.01. The fraction of sp³-hybridized carbons (Fsp3) is 0.333. The third-order valence-corrected chi connectivity index (χ3v) is 5.59. The first kappa shape index (κ1) is 13.7. The maximum Gasteiger partial charge on any atom is 0.0706 e. The van der Waals surface area contributed by atoms with Gasteiger partial charge in [-0.25, -0.2) is 0 Å². The number of aliphatic hydroxyl groups is 1. The summed E-state index contributed by atoms with van der Waals surface area (Å²) in [6.07, 6.45) is 1.45. The molecule has 1 aliphatic heterocycles. The third-order valence-electron chi connectivity index (χ3n) is 4.16. The molecule has 2 heteroatoms. The van der Waals surface area contributed by atoms with Crippen LogP contribution in [0, 0.1) is 13.8 Å². The summed E-state index contributed by atoms with van der Waals surface area (Å²) in [4.78, 5) is 1.33. The monoisotopic (exact) mass is 284 g/mol. The molecule has 2 atom stereocenters.